The van der Waals surface area contributed by atoms with Gasteiger partial charge in [0, 0.05) is 43.4 Å². The fraction of sp³-hybridized carbons (Fsp3) is 0.556. The van der Waals surface area contributed by atoms with Crippen molar-refractivity contribution in [2.75, 3.05) is 24.6 Å². The zero-order chi connectivity index (χ0) is 17.2. The number of fused-ring (bicyclic) bond motifs is 1. The topological polar surface area (TPSA) is 73.1 Å². The molecule has 25 heavy (non-hydrogen) atoms. The molecule has 0 N–H and O–H groups in total. The maximum Gasteiger partial charge on any atom is 0.256 e. The Labute approximate surface area is 146 Å². The smallest absolute Gasteiger partial charge is 0.256 e. The molecule has 0 aliphatic carbocycles. The molecule has 2 aliphatic heterocycles. The van der Waals surface area contributed by atoms with Crippen LogP contribution >= 0.6 is 0 Å². The summed E-state index contributed by atoms with van der Waals surface area (Å²) in [7, 11) is 0. The van der Waals surface area contributed by atoms with Crippen molar-refractivity contribution >= 4 is 5.82 Å². The molecule has 4 heterocycles. The van der Waals surface area contributed by atoms with E-state index in [1.165, 1.54) is 0 Å². The van der Waals surface area contributed by atoms with Gasteiger partial charge in [0.05, 0.1) is 25.2 Å². The van der Waals surface area contributed by atoms with Crippen LogP contribution in [0.4, 0.5) is 5.82 Å². The molecule has 2 aromatic rings. The number of ether oxygens (including phenoxy) is 1. The van der Waals surface area contributed by atoms with Crippen molar-refractivity contribution in [3.8, 4) is 0 Å². The Balaban J connectivity index is 1.40. The van der Waals surface area contributed by atoms with E-state index in [2.05, 4.69) is 26.1 Å². The number of aromatic nitrogens is 4. The van der Waals surface area contributed by atoms with E-state index in [0.29, 0.717) is 18.1 Å². The van der Waals surface area contributed by atoms with Crippen LogP contribution in [0.2, 0.25) is 0 Å². The summed E-state index contributed by atoms with van der Waals surface area (Å²) in [5, 5.41) is 8.78. The Morgan fingerprint density at radius 2 is 2.12 bits per heavy atom. The molecule has 0 unspecified atom stereocenters. The van der Waals surface area contributed by atoms with E-state index >= 15 is 0 Å². The summed E-state index contributed by atoms with van der Waals surface area (Å²) in [6.07, 6.45) is 6.20. The first kappa shape index (κ1) is 16.2. The predicted octanol–water partition coefficient (Wildman–Crippen LogP) is 1.33. The first-order chi connectivity index (χ1) is 12.2. The largest absolute Gasteiger partial charge is 0.376 e. The van der Waals surface area contributed by atoms with E-state index in [9.17, 15) is 4.79 Å². The molecule has 0 atom stereocenters. The van der Waals surface area contributed by atoms with Gasteiger partial charge in [0.2, 0.25) is 0 Å². The summed E-state index contributed by atoms with van der Waals surface area (Å²) in [6.45, 7) is 5.80. The number of aryl methyl sites for hydroxylation is 1. The predicted molar refractivity (Wildman–Crippen MR) is 93.6 cm³/mol. The highest BCUT2D eigenvalue weighted by Crippen LogP contribution is 2.25. The fourth-order valence-corrected chi connectivity index (χ4v) is 3.60. The monoisotopic (exact) mass is 341 g/mol. The fourth-order valence-electron chi connectivity index (χ4n) is 3.60. The molecule has 2 aliphatic rings. The second-order valence-corrected chi connectivity index (χ2v) is 6.94. The van der Waals surface area contributed by atoms with Crippen LogP contribution in [0.15, 0.2) is 23.4 Å². The molecule has 0 amide bonds. The van der Waals surface area contributed by atoms with Crippen molar-refractivity contribution < 1.29 is 4.74 Å². The number of nitrogens with zero attached hydrogens (tertiary/aromatic N) is 5. The minimum Gasteiger partial charge on any atom is -0.376 e. The molecule has 7 heteroatoms. The molecule has 1 saturated heterocycles. The third-order valence-electron chi connectivity index (χ3n) is 5.15. The van der Waals surface area contributed by atoms with E-state index in [-0.39, 0.29) is 5.56 Å². The summed E-state index contributed by atoms with van der Waals surface area (Å²) in [4.78, 5) is 18.6. The van der Waals surface area contributed by atoms with E-state index in [0.717, 1.165) is 62.6 Å². The van der Waals surface area contributed by atoms with Crippen molar-refractivity contribution in [3.63, 3.8) is 0 Å². The summed E-state index contributed by atoms with van der Waals surface area (Å²) >= 11 is 0. The lowest BCUT2D eigenvalue weighted by Gasteiger charge is -2.33. The third-order valence-corrected chi connectivity index (χ3v) is 5.15. The van der Waals surface area contributed by atoms with Gasteiger partial charge in [-0.05, 0) is 31.7 Å². The van der Waals surface area contributed by atoms with E-state index in [4.69, 9.17) is 4.74 Å². The molecule has 7 nitrogen and oxygen atoms in total. The highest BCUT2D eigenvalue weighted by Gasteiger charge is 2.22. The quantitative estimate of drug-likeness (QED) is 0.839. The first-order valence-electron chi connectivity index (χ1n) is 8.90. The van der Waals surface area contributed by atoms with Crippen molar-refractivity contribution in [1.29, 1.82) is 0 Å². The van der Waals surface area contributed by atoms with Crippen LogP contribution in [0.3, 0.4) is 0 Å². The molecule has 0 radical (unpaired) electrons. The van der Waals surface area contributed by atoms with Gasteiger partial charge in [0.15, 0.2) is 5.82 Å². The molecule has 0 bridgehead atoms. The normalized spacial score (nSPS) is 18.2. The van der Waals surface area contributed by atoms with Gasteiger partial charge in [0.1, 0.15) is 0 Å². The van der Waals surface area contributed by atoms with Gasteiger partial charge >= 0.3 is 0 Å². The number of hydrogen-bond acceptors (Lipinski definition) is 6. The van der Waals surface area contributed by atoms with Crippen LogP contribution in [0.1, 0.15) is 29.7 Å². The van der Waals surface area contributed by atoms with Crippen LogP contribution in [0.5, 0.6) is 0 Å². The van der Waals surface area contributed by atoms with Gasteiger partial charge in [-0.3, -0.25) is 9.36 Å². The number of anilines is 1. The van der Waals surface area contributed by atoms with Crippen LogP contribution in [-0.4, -0.2) is 39.4 Å². The van der Waals surface area contributed by atoms with Gasteiger partial charge in [0.25, 0.3) is 5.56 Å². The van der Waals surface area contributed by atoms with Gasteiger partial charge in [-0.15, -0.1) is 5.10 Å². The van der Waals surface area contributed by atoms with E-state index in [1.807, 2.05) is 6.92 Å². The zero-order valence-corrected chi connectivity index (χ0v) is 14.5. The Bertz CT molecular complexity index is 811. The van der Waals surface area contributed by atoms with E-state index < -0.39 is 0 Å². The summed E-state index contributed by atoms with van der Waals surface area (Å²) < 4.78 is 7.26. The molecule has 4 rings (SSSR count). The molecule has 2 aromatic heterocycles. The second-order valence-electron chi connectivity index (χ2n) is 6.94. The standard InChI is InChI=1S/C18H23N5O2/c1-13-9-19-12-23(18(13)24)10-14-2-5-22(6-3-14)17-8-15-11-25-7-4-16(15)20-21-17/h8-9,12,14H,2-7,10-11H2,1H3. The minimum absolute atomic E-state index is 0.0676. The third kappa shape index (κ3) is 3.42. The lowest BCUT2D eigenvalue weighted by molar-refractivity contribution is 0.108. The Morgan fingerprint density at radius 1 is 1.28 bits per heavy atom. The molecule has 132 valence electrons. The van der Waals surface area contributed by atoms with Crippen LogP contribution in [0, 0.1) is 12.8 Å². The Hall–Kier alpha value is -2.28. The molecular weight excluding hydrogens is 318 g/mol. The number of hydrogen-bond donors (Lipinski definition) is 0. The lowest BCUT2D eigenvalue weighted by Crippen LogP contribution is -2.37. The molecule has 1 fully saturated rings. The molecule has 0 spiro atoms. The highest BCUT2D eigenvalue weighted by molar-refractivity contribution is 5.42. The first-order valence-corrected chi connectivity index (χ1v) is 8.90. The van der Waals surface area contributed by atoms with Crippen LogP contribution < -0.4 is 10.5 Å². The van der Waals surface area contributed by atoms with Crippen molar-refractivity contribution in [2.45, 2.75) is 39.3 Å². The van der Waals surface area contributed by atoms with Crippen molar-refractivity contribution in [3.05, 3.63) is 45.8 Å². The Kier molecular flexibility index (Phi) is 4.48. The maximum atomic E-state index is 12.1. The minimum atomic E-state index is 0.0676. The number of piperidine rings is 1. The van der Waals surface area contributed by atoms with Crippen LogP contribution in [-0.2, 0) is 24.3 Å². The second kappa shape index (κ2) is 6.92. The summed E-state index contributed by atoms with van der Waals surface area (Å²) in [5.74, 6) is 1.43. The van der Waals surface area contributed by atoms with Gasteiger partial charge in [-0.1, -0.05) is 0 Å². The van der Waals surface area contributed by atoms with Gasteiger partial charge in [-0.2, -0.15) is 5.10 Å². The zero-order valence-electron chi connectivity index (χ0n) is 14.5. The lowest BCUT2D eigenvalue weighted by atomic mass is 9.96. The summed E-state index contributed by atoms with van der Waals surface area (Å²) in [6, 6.07) is 2.12. The average Bonchev–Trinajstić information content (AvgIpc) is 2.66. The highest BCUT2D eigenvalue weighted by atomic mass is 16.5. The Morgan fingerprint density at radius 3 is 2.96 bits per heavy atom. The number of rotatable bonds is 3. The summed E-state index contributed by atoms with van der Waals surface area (Å²) in [5.41, 5.74) is 3.00. The van der Waals surface area contributed by atoms with E-state index in [1.54, 1.807) is 17.1 Å². The molecule has 0 aromatic carbocycles. The molecule has 0 saturated carbocycles. The SMILES string of the molecule is Cc1cncn(CC2CCN(c3cc4c(nn3)CCOC4)CC2)c1=O. The van der Waals surface area contributed by atoms with Gasteiger partial charge in [-0.25, -0.2) is 4.98 Å². The van der Waals surface area contributed by atoms with Crippen molar-refractivity contribution in [2.24, 2.45) is 5.92 Å². The van der Waals surface area contributed by atoms with Gasteiger partial charge < -0.3 is 9.64 Å². The average molecular weight is 341 g/mol. The van der Waals surface area contributed by atoms with Crippen molar-refractivity contribution in [1.82, 2.24) is 19.7 Å². The molecular formula is C18H23N5O2. The van der Waals surface area contributed by atoms with Crippen LogP contribution in [0.25, 0.3) is 0 Å². The maximum absolute atomic E-state index is 12.1.